The molecule has 1 fully saturated rings. The van der Waals surface area contributed by atoms with Crippen LogP contribution in [0.15, 0.2) is 52.1 Å². The largest absolute Gasteiger partial charge is 0.337 e. The number of hydrogen-bond donors (Lipinski definition) is 0. The Balaban J connectivity index is 1.62. The molecule has 0 bridgehead atoms. The van der Waals surface area contributed by atoms with E-state index >= 15 is 0 Å². The van der Waals surface area contributed by atoms with Crippen molar-refractivity contribution in [1.29, 1.82) is 0 Å². The normalized spacial score (nSPS) is 16.0. The molecule has 1 aromatic heterocycles. The van der Waals surface area contributed by atoms with E-state index in [-0.39, 0.29) is 29.7 Å². The van der Waals surface area contributed by atoms with Crippen molar-refractivity contribution in [3.05, 3.63) is 58.3 Å². The molecule has 3 rings (SSSR count). The molecule has 0 saturated carbocycles. The number of piperazine rings is 1. The van der Waals surface area contributed by atoms with Crippen LogP contribution in [0.1, 0.15) is 22.8 Å². The van der Waals surface area contributed by atoms with Gasteiger partial charge in [0.2, 0.25) is 15.9 Å². The second kappa shape index (κ2) is 8.16. The van der Waals surface area contributed by atoms with Gasteiger partial charge in [-0.25, -0.2) is 8.42 Å². The van der Waals surface area contributed by atoms with Crippen molar-refractivity contribution in [2.45, 2.75) is 11.8 Å². The quantitative estimate of drug-likeness (QED) is 0.567. The fourth-order valence-electron chi connectivity index (χ4n) is 2.80. The number of amides is 1. The molecule has 0 N–H and O–H groups in total. The maximum Gasteiger partial charge on any atom is 0.246 e. The summed E-state index contributed by atoms with van der Waals surface area (Å²) in [4.78, 5) is 25.4. The van der Waals surface area contributed by atoms with E-state index in [9.17, 15) is 18.0 Å². The van der Waals surface area contributed by atoms with Crippen LogP contribution < -0.4 is 0 Å². The van der Waals surface area contributed by atoms with Crippen LogP contribution in [0.3, 0.4) is 0 Å². The molecule has 0 aliphatic carbocycles. The molecule has 1 aromatic carbocycles. The van der Waals surface area contributed by atoms with Gasteiger partial charge in [-0.2, -0.15) is 15.6 Å². The number of nitrogens with zero attached hydrogens (tertiary/aromatic N) is 2. The predicted octanol–water partition coefficient (Wildman–Crippen LogP) is 2.50. The topological polar surface area (TPSA) is 74.8 Å². The summed E-state index contributed by atoms with van der Waals surface area (Å²) < 4.78 is 26.9. The zero-order chi connectivity index (χ0) is 19.4. The molecule has 2 heterocycles. The molecule has 1 amide bonds. The molecular weight excluding hydrogens is 384 g/mol. The molecule has 142 valence electrons. The summed E-state index contributed by atoms with van der Waals surface area (Å²) in [6.45, 7) is 2.62. The highest BCUT2D eigenvalue weighted by atomic mass is 32.2. The average Bonchev–Trinajstić information content (AvgIpc) is 3.20. The van der Waals surface area contributed by atoms with E-state index < -0.39 is 10.0 Å². The first-order valence-corrected chi connectivity index (χ1v) is 10.9. The number of rotatable bonds is 5. The summed E-state index contributed by atoms with van der Waals surface area (Å²) in [7, 11) is -3.63. The van der Waals surface area contributed by atoms with Crippen molar-refractivity contribution in [1.82, 2.24) is 9.21 Å². The lowest BCUT2D eigenvalue weighted by molar-refractivity contribution is -0.127. The van der Waals surface area contributed by atoms with Crippen molar-refractivity contribution in [3.8, 4) is 0 Å². The molecule has 0 unspecified atom stereocenters. The SMILES string of the molecule is CC(=O)c1ccc(S(=O)(=O)N2CCN(C(=O)/C=C/c3ccsc3)CC2)cc1. The van der Waals surface area contributed by atoms with Gasteiger partial charge in [-0.15, -0.1) is 0 Å². The summed E-state index contributed by atoms with van der Waals surface area (Å²) in [5, 5.41) is 3.89. The first kappa shape index (κ1) is 19.5. The Morgan fingerprint density at radius 3 is 2.26 bits per heavy atom. The minimum atomic E-state index is -3.63. The van der Waals surface area contributed by atoms with Gasteiger partial charge in [0.05, 0.1) is 4.90 Å². The van der Waals surface area contributed by atoms with E-state index in [2.05, 4.69) is 0 Å². The molecule has 27 heavy (non-hydrogen) atoms. The number of carbonyl (C=O) groups is 2. The summed E-state index contributed by atoms with van der Waals surface area (Å²) in [6, 6.07) is 7.87. The van der Waals surface area contributed by atoms with E-state index in [4.69, 9.17) is 0 Å². The molecule has 1 aliphatic rings. The summed E-state index contributed by atoms with van der Waals surface area (Å²) in [6.07, 6.45) is 3.28. The van der Waals surface area contributed by atoms with E-state index in [1.807, 2.05) is 16.8 Å². The molecule has 8 heteroatoms. The van der Waals surface area contributed by atoms with Crippen LogP contribution in [0.4, 0.5) is 0 Å². The lowest BCUT2D eigenvalue weighted by atomic mass is 10.2. The maximum atomic E-state index is 12.8. The molecule has 1 aliphatic heterocycles. The van der Waals surface area contributed by atoms with E-state index in [1.165, 1.54) is 41.6 Å². The third-order valence-corrected chi connectivity index (χ3v) is 7.02. The van der Waals surface area contributed by atoms with Crippen molar-refractivity contribution in [2.24, 2.45) is 0 Å². The van der Waals surface area contributed by atoms with Crippen LogP contribution >= 0.6 is 11.3 Å². The summed E-state index contributed by atoms with van der Waals surface area (Å²) in [5.74, 6) is -0.231. The molecular formula is C19H20N2O4S2. The Hall–Kier alpha value is -2.29. The number of thiophene rings is 1. The third-order valence-electron chi connectivity index (χ3n) is 4.41. The number of ketones is 1. The first-order chi connectivity index (χ1) is 12.9. The standard InChI is InChI=1S/C19H20N2O4S2/c1-15(22)17-3-5-18(6-4-17)27(24,25)21-11-9-20(10-12-21)19(23)7-2-16-8-13-26-14-16/h2-8,13-14H,9-12H2,1H3/b7-2+. The van der Waals surface area contributed by atoms with Crippen LogP contribution in [0, 0.1) is 0 Å². The van der Waals surface area contributed by atoms with Gasteiger partial charge in [0.1, 0.15) is 0 Å². The van der Waals surface area contributed by atoms with Crippen molar-refractivity contribution < 1.29 is 18.0 Å². The number of hydrogen-bond acceptors (Lipinski definition) is 5. The number of benzene rings is 1. The third kappa shape index (κ3) is 4.52. The summed E-state index contributed by atoms with van der Waals surface area (Å²) >= 11 is 1.56. The Morgan fingerprint density at radius 2 is 1.70 bits per heavy atom. The van der Waals surface area contributed by atoms with E-state index in [0.29, 0.717) is 18.7 Å². The number of Topliss-reactive ketones (excluding diaryl/α,β-unsaturated/α-hetero) is 1. The van der Waals surface area contributed by atoms with Crippen molar-refractivity contribution in [2.75, 3.05) is 26.2 Å². The Morgan fingerprint density at radius 1 is 1.04 bits per heavy atom. The van der Waals surface area contributed by atoms with Gasteiger partial charge in [-0.3, -0.25) is 9.59 Å². The molecule has 0 atom stereocenters. The van der Waals surface area contributed by atoms with Gasteiger partial charge in [0.25, 0.3) is 0 Å². The highest BCUT2D eigenvalue weighted by Crippen LogP contribution is 2.19. The predicted molar refractivity (Wildman–Crippen MR) is 105 cm³/mol. The second-order valence-corrected chi connectivity index (χ2v) is 8.92. The Labute approximate surface area is 162 Å². The van der Waals surface area contributed by atoms with Crippen molar-refractivity contribution in [3.63, 3.8) is 0 Å². The first-order valence-electron chi connectivity index (χ1n) is 8.48. The van der Waals surface area contributed by atoms with Crippen LogP contribution in [-0.2, 0) is 14.8 Å². The van der Waals surface area contributed by atoms with Gasteiger partial charge in [0.15, 0.2) is 5.78 Å². The van der Waals surface area contributed by atoms with Gasteiger partial charge in [0, 0.05) is 37.8 Å². The van der Waals surface area contributed by atoms with Crippen LogP contribution in [0.25, 0.3) is 6.08 Å². The molecule has 0 radical (unpaired) electrons. The lowest BCUT2D eigenvalue weighted by Gasteiger charge is -2.33. The fourth-order valence-corrected chi connectivity index (χ4v) is 4.85. The van der Waals surface area contributed by atoms with Gasteiger partial charge in [-0.1, -0.05) is 12.1 Å². The van der Waals surface area contributed by atoms with Crippen LogP contribution in [-0.4, -0.2) is 55.5 Å². The maximum absolute atomic E-state index is 12.8. The number of carbonyl (C=O) groups excluding carboxylic acids is 2. The minimum absolute atomic E-state index is 0.110. The Bertz CT molecular complexity index is 940. The van der Waals surface area contributed by atoms with Crippen molar-refractivity contribution >= 4 is 39.1 Å². The fraction of sp³-hybridized carbons (Fsp3) is 0.263. The zero-order valence-corrected chi connectivity index (χ0v) is 16.5. The summed E-state index contributed by atoms with van der Waals surface area (Å²) in [5.41, 5.74) is 1.45. The minimum Gasteiger partial charge on any atom is -0.337 e. The zero-order valence-electron chi connectivity index (χ0n) is 14.9. The Kier molecular flexibility index (Phi) is 5.88. The van der Waals surface area contributed by atoms with Gasteiger partial charge >= 0.3 is 0 Å². The molecule has 6 nitrogen and oxygen atoms in total. The molecule has 1 saturated heterocycles. The van der Waals surface area contributed by atoms with Crippen LogP contribution in [0.5, 0.6) is 0 Å². The molecule has 0 spiro atoms. The highest BCUT2D eigenvalue weighted by molar-refractivity contribution is 7.89. The monoisotopic (exact) mass is 404 g/mol. The van der Waals surface area contributed by atoms with Crippen LogP contribution in [0.2, 0.25) is 0 Å². The molecule has 2 aromatic rings. The van der Waals surface area contributed by atoms with E-state index in [0.717, 1.165) is 5.56 Å². The highest BCUT2D eigenvalue weighted by Gasteiger charge is 2.29. The number of sulfonamides is 1. The van der Waals surface area contributed by atoms with Gasteiger partial charge in [-0.05, 0) is 47.5 Å². The van der Waals surface area contributed by atoms with E-state index in [1.54, 1.807) is 22.3 Å². The second-order valence-electron chi connectivity index (χ2n) is 6.20. The smallest absolute Gasteiger partial charge is 0.246 e. The lowest BCUT2D eigenvalue weighted by Crippen LogP contribution is -2.50. The average molecular weight is 405 g/mol. The van der Waals surface area contributed by atoms with Gasteiger partial charge < -0.3 is 4.90 Å².